The van der Waals surface area contributed by atoms with Gasteiger partial charge in [0, 0.05) is 7.05 Å². The highest BCUT2D eigenvalue weighted by atomic mass is 15.1. The highest BCUT2D eigenvalue weighted by molar-refractivity contribution is 5.66. The molecule has 2 aromatic carbocycles. The van der Waals surface area contributed by atoms with Gasteiger partial charge in [-0.15, -0.1) is 0 Å². The molecule has 16 heavy (non-hydrogen) atoms. The largest absolute Gasteiger partial charge is 0.283 e. The van der Waals surface area contributed by atoms with E-state index in [1.807, 2.05) is 42.5 Å². The zero-order valence-electron chi connectivity index (χ0n) is 9.09. The zero-order valence-corrected chi connectivity index (χ0v) is 9.09. The molecule has 0 N–H and O–H groups in total. The summed E-state index contributed by atoms with van der Waals surface area (Å²) in [6, 6.07) is 18.1. The van der Waals surface area contributed by atoms with Gasteiger partial charge in [0.1, 0.15) is 0 Å². The lowest BCUT2D eigenvalue weighted by Gasteiger charge is -2.09. The lowest BCUT2D eigenvalue weighted by atomic mass is 10.1. The molecule has 0 fully saturated rings. The first-order valence-electron chi connectivity index (χ1n) is 5.10. The van der Waals surface area contributed by atoms with Crippen LogP contribution >= 0.6 is 0 Å². The van der Waals surface area contributed by atoms with Gasteiger partial charge >= 0.3 is 0 Å². The first-order valence-corrected chi connectivity index (χ1v) is 5.10. The third-order valence-electron chi connectivity index (χ3n) is 2.51. The summed E-state index contributed by atoms with van der Waals surface area (Å²) in [4.78, 5) is 1.54. The Labute approximate surface area is 95.4 Å². The summed E-state index contributed by atoms with van der Waals surface area (Å²) in [6.07, 6.45) is 2.07. The number of hydrogen-bond donors (Lipinski definition) is 0. The fourth-order valence-corrected chi connectivity index (χ4v) is 1.57. The summed E-state index contributed by atoms with van der Waals surface area (Å²) in [5, 5.41) is 8.75. The molecule has 0 bridgehead atoms. The maximum absolute atomic E-state index is 8.75. The van der Waals surface area contributed by atoms with Crippen LogP contribution in [-0.4, -0.2) is 7.05 Å². The van der Waals surface area contributed by atoms with Crippen molar-refractivity contribution in [2.45, 2.75) is 0 Å². The van der Waals surface area contributed by atoms with E-state index < -0.39 is 0 Å². The molecule has 0 amide bonds. The second kappa shape index (κ2) is 4.50. The summed E-state index contributed by atoms with van der Waals surface area (Å²) >= 11 is 0. The van der Waals surface area contributed by atoms with Gasteiger partial charge in [-0.05, 0) is 23.3 Å². The van der Waals surface area contributed by atoms with Crippen LogP contribution in [0.4, 0.5) is 5.69 Å². The highest BCUT2D eigenvalue weighted by Crippen LogP contribution is 2.22. The Morgan fingerprint density at radius 2 is 1.44 bits per heavy atom. The van der Waals surface area contributed by atoms with E-state index in [0.717, 1.165) is 11.3 Å². The zero-order chi connectivity index (χ0) is 11.4. The molecular formula is C14H12N2. The molecule has 2 nitrogen and oxygen atoms in total. The van der Waals surface area contributed by atoms with Crippen LogP contribution < -0.4 is 4.90 Å². The smallest absolute Gasteiger partial charge is 0.183 e. The monoisotopic (exact) mass is 208 g/mol. The van der Waals surface area contributed by atoms with Gasteiger partial charge in [0.15, 0.2) is 6.19 Å². The van der Waals surface area contributed by atoms with E-state index in [2.05, 4.69) is 18.3 Å². The van der Waals surface area contributed by atoms with E-state index in [4.69, 9.17) is 5.26 Å². The SMILES string of the molecule is CN(C#N)c1ccc(-c2ccccc2)cc1. The van der Waals surface area contributed by atoms with Crippen LogP contribution in [0.2, 0.25) is 0 Å². The molecule has 78 valence electrons. The van der Waals surface area contributed by atoms with Gasteiger partial charge in [0.25, 0.3) is 0 Å². The Morgan fingerprint density at radius 3 is 2.00 bits per heavy atom. The third kappa shape index (κ3) is 2.04. The molecule has 2 heteroatoms. The van der Waals surface area contributed by atoms with Gasteiger partial charge in [-0.3, -0.25) is 4.90 Å². The molecule has 0 aromatic heterocycles. The molecule has 0 atom stereocenters. The maximum Gasteiger partial charge on any atom is 0.183 e. The molecule has 0 aliphatic heterocycles. The molecular weight excluding hydrogens is 196 g/mol. The van der Waals surface area contributed by atoms with Crippen molar-refractivity contribution in [1.29, 1.82) is 5.26 Å². The van der Waals surface area contributed by atoms with Crippen molar-refractivity contribution >= 4 is 5.69 Å². The molecule has 2 aromatic rings. The van der Waals surface area contributed by atoms with Crippen molar-refractivity contribution in [2.75, 3.05) is 11.9 Å². The molecule has 0 aliphatic rings. The Balaban J connectivity index is 2.31. The van der Waals surface area contributed by atoms with Crippen molar-refractivity contribution in [1.82, 2.24) is 0 Å². The molecule has 0 saturated carbocycles. The normalized spacial score (nSPS) is 9.50. The predicted molar refractivity (Wildman–Crippen MR) is 65.9 cm³/mol. The minimum atomic E-state index is 0.905. The van der Waals surface area contributed by atoms with E-state index in [-0.39, 0.29) is 0 Å². The average molecular weight is 208 g/mol. The molecule has 0 unspecified atom stereocenters. The number of nitriles is 1. The number of nitrogens with zero attached hydrogens (tertiary/aromatic N) is 2. The summed E-state index contributed by atoms with van der Waals surface area (Å²) in [7, 11) is 1.75. The fourth-order valence-electron chi connectivity index (χ4n) is 1.57. The van der Waals surface area contributed by atoms with E-state index >= 15 is 0 Å². The maximum atomic E-state index is 8.75. The highest BCUT2D eigenvalue weighted by Gasteiger charge is 2.00. The summed E-state index contributed by atoms with van der Waals surface area (Å²) in [5.74, 6) is 0. The average Bonchev–Trinajstić information content (AvgIpc) is 2.39. The van der Waals surface area contributed by atoms with Crippen LogP contribution in [0.15, 0.2) is 54.6 Å². The van der Waals surface area contributed by atoms with Gasteiger partial charge < -0.3 is 0 Å². The van der Waals surface area contributed by atoms with Crippen molar-refractivity contribution < 1.29 is 0 Å². The Morgan fingerprint density at radius 1 is 0.875 bits per heavy atom. The van der Waals surface area contributed by atoms with Crippen LogP contribution in [-0.2, 0) is 0 Å². The van der Waals surface area contributed by atoms with Crippen LogP contribution in [0.5, 0.6) is 0 Å². The Bertz CT molecular complexity index is 495. The molecule has 0 radical (unpaired) electrons. The van der Waals surface area contributed by atoms with Crippen molar-refractivity contribution in [3.63, 3.8) is 0 Å². The van der Waals surface area contributed by atoms with Crippen LogP contribution in [0.25, 0.3) is 11.1 Å². The quantitative estimate of drug-likeness (QED) is 0.559. The first kappa shape index (κ1) is 10.3. The van der Waals surface area contributed by atoms with Gasteiger partial charge in [0.2, 0.25) is 0 Å². The number of rotatable bonds is 2. The predicted octanol–water partition coefficient (Wildman–Crippen LogP) is 3.27. The second-order valence-electron chi connectivity index (χ2n) is 3.57. The second-order valence-corrected chi connectivity index (χ2v) is 3.57. The standard InChI is InChI=1S/C14H12N2/c1-16(11-15)14-9-7-13(8-10-14)12-5-3-2-4-6-12/h2-10H,1H3. The minimum absolute atomic E-state index is 0.905. The van der Waals surface area contributed by atoms with Gasteiger partial charge in [-0.1, -0.05) is 42.5 Å². The van der Waals surface area contributed by atoms with Crippen molar-refractivity contribution in [2.24, 2.45) is 0 Å². The third-order valence-corrected chi connectivity index (χ3v) is 2.51. The Kier molecular flexibility index (Phi) is 2.88. The number of hydrogen-bond acceptors (Lipinski definition) is 2. The number of anilines is 1. The van der Waals surface area contributed by atoms with Crippen LogP contribution in [0.3, 0.4) is 0 Å². The van der Waals surface area contributed by atoms with E-state index in [1.165, 1.54) is 10.5 Å². The Hall–Kier alpha value is -2.27. The minimum Gasteiger partial charge on any atom is -0.283 e. The molecule has 0 spiro atoms. The van der Waals surface area contributed by atoms with Crippen molar-refractivity contribution in [3.8, 4) is 17.3 Å². The molecule has 2 rings (SSSR count). The molecule has 0 heterocycles. The lowest BCUT2D eigenvalue weighted by Crippen LogP contribution is -2.07. The van der Waals surface area contributed by atoms with Gasteiger partial charge in [-0.2, -0.15) is 5.26 Å². The van der Waals surface area contributed by atoms with E-state index in [9.17, 15) is 0 Å². The van der Waals surface area contributed by atoms with E-state index in [0.29, 0.717) is 0 Å². The van der Waals surface area contributed by atoms with Gasteiger partial charge in [-0.25, -0.2) is 0 Å². The lowest BCUT2D eigenvalue weighted by molar-refractivity contribution is 1.21. The molecule has 0 aliphatic carbocycles. The van der Waals surface area contributed by atoms with E-state index in [1.54, 1.807) is 7.05 Å². The van der Waals surface area contributed by atoms with Gasteiger partial charge in [0.05, 0.1) is 5.69 Å². The summed E-state index contributed by atoms with van der Waals surface area (Å²) in [5.41, 5.74) is 3.26. The van der Waals surface area contributed by atoms with Crippen LogP contribution in [0.1, 0.15) is 0 Å². The summed E-state index contributed by atoms with van der Waals surface area (Å²) in [6.45, 7) is 0. The topological polar surface area (TPSA) is 27.0 Å². The van der Waals surface area contributed by atoms with Crippen LogP contribution in [0, 0.1) is 11.5 Å². The summed E-state index contributed by atoms with van der Waals surface area (Å²) < 4.78 is 0. The fraction of sp³-hybridized carbons (Fsp3) is 0.0714. The number of benzene rings is 2. The first-order chi connectivity index (χ1) is 7.81. The van der Waals surface area contributed by atoms with Crippen molar-refractivity contribution in [3.05, 3.63) is 54.6 Å². The molecule has 0 saturated heterocycles.